The van der Waals surface area contributed by atoms with Crippen LogP contribution in [0.25, 0.3) is 11.1 Å². The molecule has 16 heavy (non-hydrogen) atoms. The van der Waals surface area contributed by atoms with Crippen LogP contribution in [0, 0.1) is 5.82 Å². The van der Waals surface area contributed by atoms with E-state index in [4.69, 9.17) is 5.11 Å². The number of benzene rings is 2. The van der Waals surface area contributed by atoms with E-state index in [0.717, 1.165) is 11.1 Å². The van der Waals surface area contributed by atoms with Crippen LogP contribution >= 0.6 is 0 Å². The largest absolute Gasteiger partial charge is 0.396 e. The van der Waals surface area contributed by atoms with E-state index < -0.39 is 0 Å². The maximum Gasteiger partial charge on any atom is 0.127 e. The van der Waals surface area contributed by atoms with Gasteiger partial charge in [0.05, 0.1) is 0 Å². The van der Waals surface area contributed by atoms with Gasteiger partial charge in [-0.1, -0.05) is 42.5 Å². The van der Waals surface area contributed by atoms with Crippen LogP contribution in [0.1, 0.15) is 5.56 Å². The third kappa shape index (κ3) is 2.28. The summed E-state index contributed by atoms with van der Waals surface area (Å²) in [7, 11) is 0. The number of aliphatic hydroxyl groups is 1. The van der Waals surface area contributed by atoms with Crippen LogP contribution < -0.4 is 0 Å². The maximum atomic E-state index is 13.6. The van der Waals surface area contributed by atoms with Crippen molar-refractivity contribution in [3.8, 4) is 11.1 Å². The number of rotatable bonds is 3. The summed E-state index contributed by atoms with van der Waals surface area (Å²) in [5, 5.41) is 8.76. The second kappa shape index (κ2) is 4.90. The van der Waals surface area contributed by atoms with Gasteiger partial charge in [-0.2, -0.15) is 0 Å². The maximum absolute atomic E-state index is 13.6. The van der Waals surface area contributed by atoms with Crippen LogP contribution in [0.15, 0.2) is 48.5 Å². The highest BCUT2D eigenvalue weighted by Crippen LogP contribution is 2.21. The highest BCUT2D eigenvalue weighted by atomic mass is 19.1. The van der Waals surface area contributed by atoms with Gasteiger partial charge in [0.1, 0.15) is 5.82 Å². The Morgan fingerprint density at radius 2 is 1.69 bits per heavy atom. The summed E-state index contributed by atoms with van der Waals surface area (Å²) in [6.07, 6.45) is 0.362. The van der Waals surface area contributed by atoms with E-state index in [1.54, 1.807) is 6.07 Å². The number of aliphatic hydroxyl groups excluding tert-OH is 1. The lowest BCUT2D eigenvalue weighted by Gasteiger charge is -2.05. The van der Waals surface area contributed by atoms with Gasteiger partial charge in [-0.15, -0.1) is 0 Å². The summed E-state index contributed by atoms with van der Waals surface area (Å²) in [6.45, 7) is -0.0262. The number of halogens is 1. The van der Waals surface area contributed by atoms with E-state index in [1.165, 1.54) is 6.07 Å². The van der Waals surface area contributed by atoms with Crippen LogP contribution in [0.4, 0.5) is 4.39 Å². The summed E-state index contributed by atoms with van der Waals surface area (Å²) in [6, 6.07) is 14.8. The predicted octanol–water partition coefficient (Wildman–Crippen LogP) is 3.03. The molecule has 2 heteroatoms. The molecule has 0 unspecified atom stereocenters. The molecule has 0 spiro atoms. The minimum Gasteiger partial charge on any atom is -0.396 e. The van der Waals surface area contributed by atoms with Crippen molar-refractivity contribution in [2.75, 3.05) is 6.61 Å². The third-order valence-electron chi connectivity index (χ3n) is 2.54. The van der Waals surface area contributed by atoms with E-state index in [2.05, 4.69) is 0 Å². The molecule has 0 amide bonds. The van der Waals surface area contributed by atoms with E-state index in [9.17, 15) is 4.39 Å². The Morgan fingerprint density at radius 1 is 0.938 bits per heavy atom. The van der Waals surface area contributed by atoms with Crippen molar-refractivity contribution in [3.63, 3.8) is 0 Å². The van der Waals surface area contributed by atoms with Crippen molar-refractivity contribution in [1.82, 2.24) is 0 Å². The molecule has 82 valence electrons. The highest BCUT2D eigenvalue weighted by Gasteiger charge is 2.04. The Bertz CT molecular complexity index is 465. The zero-order valence-electron chi connectivity index (χ0n) is 8.86. The molecule has 0 atom stereocenters. The summed E-state index contributed by atoms with van der Waals surface area (Å²) in [4.78, 5) is 0. The molecule has 0 aliphatic carbocycles. The Kier molecular flexibility index (Phi) is 3.32. The summed E-state index contributed by atoms with van der Waals surface area (Å²) < 4.78 is 13.6. The van der Waals surface area contributed by atoms with Crippen LogP contribution in [0.5, 0.6) is 0 Å². The van der Waals surface area contributed by atoms with Gasteiger partial charge in [-0.25, -0.2) is 4.39 Å². The van der Waals surface area contributed by atoms with Crippen molar-refractivity contribution in [1.29, 1.82) is 0 Å². The van der Waals surface area contributed by atoms with Gasteiger partial charge in [0.15, 0.2) is 0 Å². The lowest BCUT2D eigenvalue weighted by atomic mass is 10.0. The van der Waals surface area contributed by atoms with Crippen LogP contribution in [-0.4, -0.2) is 11.7 Å². The summed E-state index contributed by atoms with van der Waals surface area (Å²) in [5.74, 6) is -0.254. The van der Waals surface area contributed by atoms with E-state index in [0.29, 0.717) is 12.0 Å². The van der Waals surface area contributed by atoms with Crippen LogP contribution in [0.2, 0.25) is 0 Å². The van der Waals surface area contributed by atoms with Gasteiger partial charge in [0.25, 0.3) is 0 Å². The van der Waals surface area contributed by atoms with Crippen molar-refractivity contribution in [3.05, 3.63) is 59.9 Å². The molecule has 2 aromatic rings. The van der Waals surface area contributed by atoms with E-state index in [-0.39, 0.29) is 12.4 Å². The highest BCUT2D eigenvalue weighted by molar-refractivity contribution is 5.63. The third-order valence-corrected chi connectivity index (χ3v) is 2.54. The zero-order valence-corrected chi connectivity index (χ0v) is 8.86. The first kappa shape index (κ1) is 10.8. The first-order chi connectivity index (χ1) is 7.81. The SMILES string of the molecule is OCCc1ccc(-c2ccccc2)cc1F. The molecule has 2 aromatic carbocycles. The molecule has 0 saturated heterocycles. The van der Waals surface area contributed by atoms with E-state index >= 15 is 0 Å². The van der Waals surface area contributed by atoms with Crippen molar-refractivity contribution < 1.29 is 9.50 Å². The van der Waals surface area contributed by atoms with Gasteiger partial charge < -0.3 is 5.11 Å². The molecule has 1 nitrogen and oxygen atoms in total. The predicted molar refractivity (Wildman–Crippen MR) is 62.6 cm³/mol. The Hall–Kier alpha value is -1.67. The average Bonchev–Trinajstić information content (AvgIpc) is 2.33. The van der Waals surface area contributed by atoms with Gasteiger partial charge >= 0.3 is 0 Å². The van der Waals surface area contributed by atoms with Gasteiger partial charge in [-0.05, 0) is 29.2 Å². The van der Waals surface area contributed by atoms with Crippen LogP contribution in [0.3, 0.4) is 0 Å². The molecule has 0 bridgehead atoms. The second-order valence-corrected chi connectivity index (χ2v) is 3.65. The van der Waals surface area contributed by atoms with Gasteiger partial charge in [-0.3, -0.25) is 0 Å². The van der Waals surface area contributed by atoms with Crippen LogP contribution in [-0.2, 0) is 6.42 Å². The van der Waals surface area contributed by atoms with E-state index in [1.807, 2.05) is 36.4 Å². The standard InChI is InChI=1S/C14H13FO/c15-14-10-13(7-6-12(14)8-9-16)11-4-2-1-3-5-11/h1-7,10,16H,8-9H2. The fraction of sp³-hybridized carbons (Fsp3) is 0.143. The Morgan fingerprint density at radius 3 is 2.31 bits per heavy atom. The molecule has 0 saturated carbocycles. The molecule has 0 aliphatic heterocycles. The molecule has 0 aliphatic rings. The minimum atomic E-state index is -0.254. The Balaban J connectivity index is 2.35. The lowest BCUT2D eigenvalue weighted by molar-refractivity contribution is 0.297. The minimum absolute atomic E-state index is 0.0262. The summed E-state index contributed by atoms with van der Waals surface area (Å²) in [5.41, 5.74) is 2.42. The molecule has 2 rings (SSSR count). The molecule has 0 radical (unpaired) electrons. The second-order valence-electron chi connectivity index (χ2n) is 3.65. The number of hydrogen-bond donors (Lipinski definition) is 1. The van der Waals surface area contributed by atoms with Crippen molar-refractivity contribution in [2.45, 2.75) is 6.42 Å². The fourth-order valence-electron chi connectivity index (χ4n) is 1.68. The fourth-order valence-corrected chi connectivity index (χ4v) is 1.68. The van der Waals surface area contributed by atoms with Crippen molar-refractivity contribution >= 4 is 0 Å². The topological polar surface area (TPSA) is 20.2 Å². The number of hydrogen-bond acceptors (Lipinski definition) is 1. The molecule has 0 fully saturated rings. The first-order valence-corrected chi connectivity index (χ1v) is 5.26. The molecular formula is C14H13FO. The van der Waals surface area contributed by atoms with Gasteiger partial charge in [0, 0.05) is 6.61 Å². The normalized spacial score (nSPS) is 10.4. The quantitative estimate of drug-likeness (QED) is 0.836. The molecule has 0 aromatic heterocycles. The molecular weight excluding hydrogens is 203 g/mol. The lowest BCUT2D eigenvalue weighted by Crippen LogP contribution is -1.95. The smallest absolute Gasteiger partial charge is 0.127 e. The monoisotopic (exact) mass is 216 g/mol. The first-order valence-electron chi connectivity index (χ1n) is 5.26. The summed E-state index contributed by atoms with van der Waals surface area (Å²) >= 11 is 0. The zero-order chi connectivity index (χ0) is 11.4. The molecule has 1 N–H and O–H groups in total. The van der Waals surface area contributed by atoms with Gasteiger partial charge in [0.2, 0.25) is 0 Å². The Labute approximate surface area is 94.2 Å². The average molecular weight is 216 g/mol. The molecule has 0 heterocycles. The van der Waals surface area contributed by atoms with Crippen molar-refractivity contribution in [2.24, 2.45) is 0 Å².